The number of ether oxygens (including phenoxy) is 1. The first-order valence-corrected chi connectivity index (χ1v) is 6.19. The van der Waals surface area contributed by atoms with Gasteiger partial charge in [-0.2, -0.15) is 0 Å². The zero-order valence-corrected chi connectivity index (χ0v) is 13.1. The fourth-order valence-corrected chi connectivity index (χ4v) is 1.79. The second-order valence-corrected chi connectivity index (χ2v) is 4.51. The molecule has 0 saturated heterocycles. The first-order valence-electron chi connectivity index (χ1n) is 6.19. The third kappa shape index (κ3) is 4.69. The maximum atomic E-state index is 5.86. The number of nitrogens with zero attached hydrogens (tertiary/aromatic N) is 1. The van der Waals surface area contributed by atoms with Crippen molar-refractivity contribution in [2.75, 3.05) is 27.2 Å². The maximum Gasteiger partial charge on any atom is 0.127 e. The van der Waals surface area contributed by atoms with E-state index in [1.807, 2.05) is 50.5 Å². The Morgan fingerprint density at radius 3 is 2.21 bits per heavy atom. The standard InChI is InChI=1S/C16H19NO.BrH/c1-17(2)12-13-18-16-11-7-6-10-15(16)14-8-4-3-5-9-14;/h3-11H,12-13H2,1-2H3;1H. The minimum atomic E-state index is 0. The molecule has 3 heteroatoms. The SMILES string of the molecule is Br.CN(C)CCOc1ccccc1-c1ccccc1. The van der Waals surface area contributed by atoms with E-state index in [-0.39, 0.29) is 17.0 Å². The topological polar surface area (TPSA) is 12.5 Å². The van der Waals surface area contributed by atoms with Gasteiger partial charge in [0.2, 0.25) is 0 Å². The average molecular weight is 322 g/mol. The van der Waals surface area contributed by atoms with Crippen LogP contribution in [0.2, 0.25) is 0 Å². The second-order valence-electron chi connectivity index (χ2n) is 4.51. The van der Waals surface area contributed by atoms with Gasteiger partial charge in [-0.25, -0.2) is 0 Å². The Balaban J connectivity index is 0.00000180. The molecule has 102 valence electrons. The van der Waals surface area contributed by atoms with Crippen LogP contribution in [0.5, 0.6) is 5.75 Å². The van der Waals surface area contributed by atoms with Crippen molar-refractivity contribution in [2.24, 2.45) is 0 Å². The molecule has 0 spiro atoms. The smallest absolute Gasteiger partial charge is 0.127 e. The van der Waals surface area contributed by atoms with Crippen LogP contribution in [0.3, 0.4) is 0 Å². The highest BCUT2D eigenvalue weighted by molar-refractivity contribution is 8.93. The Kier molecular flexibility index (Phi) is 6.60. The summed E-state index contributed by atoms with van der Waals surface area (Å²) in [4.78, 5) is 2.12. The Bertz CT molecular complexity index is 485. The molecule has 2 aromatic carbocycles. The van der Waals surface area contributed by atoms with E-state index in [0.717, 1.165) is 17.9 Å². The van der Waals surface area contributed by atoms with Crippen LogP contribution in [0.1, 0.15) is 0 Å². The van der Waals surface area contributed by atoms with Crippen molar-refractivity contribution < 1.29 is 4.74 Å². The van der Waals surface area contributed by atoms with Crippen LogP contribution in [0.4, 0.5) is 0 Å². The summed E-state index contributed by atoms with van der Waals surface area (Å²) in [5.41, 5.74) is 2.34. The molecule has 0 amide bonds. The third-order valence-corrected chi connectivity index (χ3v) is 2.77. The normalized spacial score (nSPS) is 10.1. The van der Waals surface area contributed by atoms with E-state index in [9.17, 15) is 0 Å². The van der Waals surface area contributed by atoms with Crippen molar-refractivity contribution in [3.8, 4) is 16.9 Å². The summed E-state index contributed by atoms with van der Waals surface area (Å²) in [7, 11) is 4.10. The van der Waals surface area contributed by atoms with E-state index in [1.54, 1.807) is 0 Å². The molecule has 0 aliphatic heterocycles. The molecule has 0 unspecified atom stereocenters. The lowest BCUT2D eigenvalue weighted by Gasteiger charge is -2.14. The first-order chi connectivity index (χ1) is 8.77. The summed E-state index contributed by atoms with van der Waals surface area (Å²) in [6.45, 7) is 1.62. The minimum Gasteiger partial charge on any atom is -0.492 e. The predicted molar refractivity (Wildman–Crippen MR) is 86.2 cm³/mol. The van der Waals surface area contributed by atoms with Gasteiger partial charge in [-0.1, -0.05) is 48.5 Å². The van der Waals surface area contributed by atoms with E-state index in [1.165, 1.54) is 5.56 Å². The van der Waals surface area contributed by atoms with Crippen molar-refractivity contribution in [3.05, 3.63) is 54.6 Å². The van der Waals surface area contributed by atoms with E-state index in [2.05, 4.69) is 23.1 Å². The van der Waals surface area contributed by atoms with Gasteiger partial charge in [-0.15, -0.1) is 17.0 Å². The molecule has 0 aliphatic rings. The zero-order valence-electron chi connectivity index (χ0n) is 11.4. The number of likely N-dealkylation sites (N-methyl/N-ethyl adjacent to an activating group) is 1. The molecule has 2 nitrogen and oxygen atoms in total. The molecule has 0 saturated carbocycles. The molecular formula is C16H20BrNO. The van der Waals surface area contributed by atoms with Crippen LogP contribution < -0.4 is 4.74 Å². The van der Waals surface area contributed by atoms with Crippen LogP contribution >= 0.6 is 17.0 Å². The van der Waals surface area contributed by atoms with Crippen LogP contribution in [0, 0.1) is 0 Å². The summed E-state index contributed by atoms with van der Waals surface area (Å²) < 4.78 is 5.86. The predicted octanol–water partition coefficient (Wildman–Crippen LogP) is 3.87. The van der Waals surface area contributed by atoms with Gasteiger partial charge in [0.15, 0.2) is 0 Å². The minimum absolute atomic E-state index is 0. The molecule has 0 aliphatic carbocycles. The van der Waals surface area contributed by atoms with Crippen molar-refractivity contribution in [1.82, 2.24) is 4.90 Å². The highest BCUT2D eigenvalue weighted by Crippen LogP contribution is 2.29. The molecule has 0 atom stereocenters. The van der Waals surface area contributed by atoms with Crippen LogP contribution in [0.25, 0.3) is 11.1 Å². The molecular weight excluding hydrogens is 302 g/mol. The second kappa shape index (κ2) is 7.97. The fraction of sp³-hybridized carbons (Fsp3) is 0.250. The molecule has 2 aromatic rings. The average Bonchev–Trinajstić information content (AvgIpc) is 2.40. The zero-order chi connectivity index (χ0) is 12.8. The maximum absolute atomic E-state index is 5.86. The van der Waals surface area contributed by atoms with E-state index in [0.29, 0.717) is 6.61 Å². The molecule has 19 heavy (non-hydrogen) atoms. The third-order valence-electron chi connectivity index (χ3n) is 2.77. The van der Waals surface area contributed by atoms with Crippen molar-refractivity contribution >= 4 is 17.0 Å². The van der Waals surface area contributed by atoms with E-state index >= 15 is 0 Å². The highest BCUT2D eigenvalue weighted by atomic mass is 79.9. The number of rotatable bonds is 5. The van der Waals surface area contributed by atoms with Gasteiger partial charge in [-0.05, 0) is 25.7 Å². The molecule has 0 N–H and O–H groups in total. The molecule has 0 aromatic heterocycles. The summed E-state index contributed by atoms with van der Waals surface area (Å²) in [6.07, 6.45) is 0. The van der Waals surface area contributed by atoms with E-state index < -0.39 is 0 Å². The Hall–Kier alpha value is -1.32. The number of hydrogen-bond acceptors (Lipinski definition) is 2. The van der Waals surface area contributed by atoms with Crippen molar-refractivity contribution in [1.29, 1.82) is 0 Å². The van der Waals surface area contributed by atoms with Crippen LogP contribution in [-0.2, 0) is 0 Å². The lowest BCUT2D eigenvalue weighted by molar-refractivity contribution is 0.262. The van der Waals surface area contributed by atoms with Gasteiger partial charge in [0.25, 0.3) is 0 Å². The summed E-state index contributed by atoms with van der Waals surface area (Å²) in [5.74, 6) is 0.950. The van der Waals surface area contributed by atoms with Crippen LogP contribution in [-0.4, -0.2) is 32.1 Å². The lowest BCUT2D eigenvalue weighted by atomic mass is 10.1. The van der Waals surface area contributed by atoms with Crippen molar-refractivity contribution in [3.63, 3.8) is 0 Å². The monoisotopic (exact) mass is 321 g/mol. The molecule has 0 fully saturated rings. The Labute approximate surface area is 125 Å². The first kappa shape index (κ1) is 15.7. The summed E-state index contributed by atoms with van der Waals surface area (Å²) >= 11 is 0. The molecule has 0 heterocycles. The van der Waals surface area contributed by atoms with Gasteiger partial charge in [0.1, 0.15) is 12.4 Å². The summed E-state index contributed by atoms with van der Waals surface area (Å²) in [6, 6.07) is 18.5. The van der Waals surface area contributed by atoms with E-state index in [4.69, 9.17) is 4.74 Å². The van der Waals surface area contributed by atoms with Gasteiger partial charge in [0.05, 0.1) is 0 Å². The summed E-state index contributed by atoms with van der Waals surface area (Å²) in [5, 5.41) is 0. The number of para-hydroxylation sites is 1. The van der Waals surface area contributed by atoms with Gasteiger partial charge >= 0.3 is 0 Å². The Morgan fingerprint density at radius 2 is 1.53 bits per heavy atom. The number of hydrogen-bond donors (Lipinski definition) is 0. The van der Waals surface area contributed by atoms with Gasteiger partial charge in [0, 0.05) is 12.1 Å². The fourth-order valence-electron chi connectivity index (χ4n) is 1.79. The largest absolute Gasteiger partial charge is 0.492 e. The van der Waals surface area contributed by atoms with Gasteiger partial charge < -0.3 is 9.64 Å². The highest BCUT2D eigenvalue weighted by Gasteiger charge is 2.04. The molecule has 2 rings (SSSR count). The lowest BCUT2D eigenvalue weighted by Crippen LogP contribution is -2.19. The Morgan fingerprint density at radius 1 is 0.895 bits per heavy atom. The number of benzene rings is 2. The van der Waals surface area contributed by atoms with Crippen molar-refractivity contribution in [2.45, 2.75) is 0 Å². The molecule has 0 bridgehead atoms. The quantitative estimate of drug-likeness (QED) is 0.828. The van der Waals surface area contributed by atoms with Gasteiger partial charge in [-0.3, -0.25) is 0 Å². The molecule has 0 radical (unpaired) electrons. The number of halogens is 1. The van der Waals surface area contributed by atoms with Crippen LogP contribution in [0.15, 0.2) is 54.6 Å².